The Morgan fingerprint density at radius 1 is 1.28 bits per heavy atom. The van der Waals surface area contributed by atoms with Crippen LogP contribution in [-0.2, 0) is 9.59 Å². The summed E-state index contributed by atoms with van der Waals surface area (Å²) in [4.78, 5) is 24.5. The molecule has 0 heterocycles. The first-order valence-electron chi connectivity index (χ1n) is 10.5. The van der Waals surface area contributed by atoms with Crippen LogP contribution in [0.15, 0.2) is 11.6 Å². The number of carbonyl (C=O) groups excluding carboxylic acids is 2. The predicted octanol–water partition coefficient (Wildman–Crippen LogP) is 1.09. The van der Waals surface area contributed by atoms with Gasteiger partial charge in [0.05, 0.1) is 11.7 Å². The summed E-state index contributed by atoms with van der Waals surface area (Å²) in [6.07, 6.45) is -0.397. The van der Waals surface area contributed by atoms with Crippen LogP contribution < -0.4 is 0 Å². The van der Waals surface area contributed by atoms with Crippen molar-refractivity contribution in [1.29, 1.82) is 0 Å². The standard InChI is InChI=1S/C22H31FO6/c1-11-8-21(28)14-7-15(23)13-6-12(25)4-5-19(13,2)18(14)16(26)9-20(21,3)22(11,29)17(27)10-24/h6,11,14-16,18,24,26,28-29H,4-5,7-10H2,1-3H3/t11?,14-,15?,16?,18-,19+,20+,21-,22+/m1/s1. The second-order valence-electron chi connectivity index (χ2n) is 10.3. The second-order valence-corrected chi connectivity index (χ2v) is 10.3. The zero-order valence-corrected chi connectivity index (χ0v) is 17.2. The average molecular weight is 410 g/mol. The van der Waals surface area contributed by atoms with Crippen LogP contribution in [0.25, 0.3) is 0 Å². The Balaban J connectivity index is 1.86. The van der Waals surface area contributed by atoms with Crippen molar-refractivity contribution in [3.8, 4) is 0 Å². The van der Waals surface area contributed by atoms with E-state index in [2.05, 4.69) is 0 Å². The van der Waals surface area contributed by atoms with Crippen LogP contribution in [0.3, 0.4) is 0 Å². The molecule has 4 rings (SSSR count). The van der Waals surface area contributed by atoms with Crippen LogP contribution in [0.2, 0.25) is 0 Å². The summed E-state index contributed by atoms with van der Waals surface area (Å²) >= 11 is 0. The van der Waals surface area contributed by atoms with E-state index in [1.807, 2.05) is 6.92 Å². The fourth-order valence-corrected chi connectivity index (χ4v) is 7.73. The third kappa shape index (κ3) is 2.30. The molecular weight excluding hydrogens is 379 g/mol. The summed E-state index contributed by atoms with van der Waals surface area (Å²) in [5.41, 5.74) is -5.36. The van der Waals surface area contributed by atoms with Crippen LogP contribution in [0, 0.1) is 28.6 Å². The number of hydrogen-bond acceptors (Lipinski definition) is 6. The van der Waals surface area contributed by atoms with Gasteiger partial charge in [0.25, 0.3) is 0 Å². The molecule has 4 aliphatic carbocycles. The third-order valence-electron chi connectivity index (χ3n) is 9.18. The molecule has 0 aromatic carbocycles. The number of fused-ring (bicyclic) bond motifs is 5. The van der Waals surface area contributed by atoms with Crippen molar-refractivity contribution in [3.63, 3.8) is 0 Å². The number of halogens is 1. The molecule has 29 heavy (non-hydrogen) atoms. The van der Waals surface area contributed by atoms with Gasteiger partial charge in [0.2, 0.25) is 0 Å². The van der Waals surface area contributed by atoms with E-state index in [1.54, 1.807) is 13.8 Å². The van der Waals surface area contributed by atoms with Crippen LogP contribution in [0.5, 0.6) is 0 Å². The molecule has 4 N–H and O–H groups in total. The number of aliphatic hydroxyl groups is 4. The quantitative estimate of drug-likeness (QED) is 0.542. The van der Waals surface area contributed by atoms with Gasteiger partial charge in [-0.2, -0.15) is 0 Å². The maximum absolute atomic E-state index is 15.3. The van der Waals surface area contributed by atoms with Crippen molar-refractivity contribution in [3.05, 3.63) is 11.6 Å². The number of ketones is 2. The van der Waals surface area contributed by atoms with Gasteiger partial charge in [-0.1, -0.05) is 20.8 Å². The maximum Gasteiger partial charge on any atom is 0.190 e. The summed E-state index contributed by atoms with van der Waals surface area (Å²) in [6, 6.07) is 0. The van der Waals surface area contributed by atoms with Crippen LogP contribution in [-0.4, -0.2) is 62.1 Å². The van der Waals surface area contributed by atoms with E-state index in [-0.39, 0.29) is 31.5 Å². The van der Waals surface area contributed by atoms with E-state index >= 15 is 4.39 Å². The molecule has 0 saturated heterocycles. The number of rotatable bonds is 2. The lowest BCUT2D eigenvalue weighted by molar-refractivity contribution is -0.248. The molecule has 0 amide bonds. The Hall–Kier alpha value is -1.15. The average Bonchev–Trinajstić information content (AvgIpc) is 2.81. The normalized spacial score (nSPS) is 54.3. The smallest absolute Gasteiger partial charge is 0.190 e. The Bertz CT molecular complexity index is 796. The van der Waals surface area contributed by atoms with Gasteiger partial charge in [0, 0.05) is 11.8 Å². The van der Waals surface area contributed by atoms with E-state index in [0.29, 0.717) is 12.0 Å². The Kier molecular flexibility index (Phi) is 4.50. The van der Waals surface area contributed by atoms with Crippen molar-refractivity contribution >= 4 is 11.6 Å². The van der Waals surface area contributed by atoms with Crippen molar-refractivity contribution in [1.82, 2.24) is 0 Å². The predicted molar refractivity (Wildman–Crippen MR) is 101 cm³/mol. The highest BCUT2D eigenvalue weighted by Crippen LogP contribution is 2.70. The number of Topliss-reactive ketones (excluding diaryl/α,β-unsaturated/α-hetero) is 1. The number of hydrogen-bond donors (Lipinski definition) is 4. The molecule has 0 spiro atoms. The molecule has 162 valence electrons. The minimum absolute atomic E-state index is 0.0367. The second kappa shape index (κ2) is 6.19. The lowest BCUT2D eigenvalue weighted by Crippen LogP contribution is -2.70. The summed E-state index contributed by atoms with van der Waals surface area (Å²) in [6.45, 7) is 4.22. The topological polar surface area (TPSA) is 115 Å². The maximum atomic E-state index is 15.3. The van der Waals surface area contributed by atoms with E-state index in [1.165, 1.54) is 6.08 Å². The molecule has 0 aromatic heterocycles. The number of allylic oxidation sites excluding steroid dienone is 1. The fraction of sp³-hybridized carbons (Fsp3) is 0.818. The Morgan fingerprint density at radius 2 is 1.93 bits per heavy atom. The van der Waals surface area contributed by atoms with Crippen molar-refractivity contribution in [2.24, 2.45) is 28.6 Å². The summed E-state index contributed by atoms with van der Waals surface area (Å²) < 4.78 is 15.3. The molecule has 3 fully saturated rings. The van der Waals surface area contributed by atoms with Crippen LogP contribution in [0.4, 0.5) is 4.39 Å². The highest BCUT2D eigenvalue weighted by molar-refractivity contribution is 5.92. The zero-order valence-electron chi connectivity index (χ0n) is 17.2. The fourth-order valence-electron chi connectivity index (χ4n) is 7.73. The third-order valence-corrected chi connectivity index (χ3v) is 9.18. The largest absolute Gasteiger partial charge is 0.393 e. The molecule has 7 heteroatoms. The number of carbonyl (C=O) groups is 2. The summed E-state index contributed by atoms with van der Waals surface area (Å²) in [5, 5.41) is 44.1. The van der Waals surface area contributed by atoms with Gasteiger partial charge < -0.3 is 20.4 Å². The molecule has 3 unspecified atom stereocenters. The van der Waals surface area contributed by atoms with Gasteiger partial charge in [0.15, 0.2) is 11.6 Å². The molecular formula is C22H31FO6. The lowest BCUT2D eigenvalue weighted by Gasteiger charge is -2.63. The first kappa shape index (κ1) is 21.1. The van der Waals surface area contributed by atoms with E-state index < -0.39 is 64.5 Å². The van der Waals surface area contributed by atoms with Crippen LogP contribution in [0.1, 0.15) is 52.9 Å². The molecule has 9 atom stereocenters. The van der Waals surface area contributed by atoms with Crippen molar-refractivity contribution in [2.75, 3.05) is 6.61 Å². The molecule has 0 aromatic rings. The molecule has 3 saturated carbocycles. The van der Waals surface area contributed by atoms with Gasteiger partial charge >= 0.3 is 0 Å². The minimum Gasteiger partial charge on any atom is -0.393 e. The van der Waals surface area contributed by atoms with E-state index in [9.17, 15) is 30.0 Å². The molecule has 6 nitrogen and oxygen atoms in total. The van der Waals surface area contributed by atoms with E-state index in [0.717, 1.165) is 0 Å². The first-order chi connectivity index (χ1) is 13.4. The summed E-state index contributed by atoms with van der Waals surface area (Å²) in [7, 11) is 0. The van der Waals surface area contributed by atoms with Crippen molar-refractivity contribution < 1.29 is 34.4 Å². The number of aliphatic hydroxyl groups excluding tert-OH is 2. The van der Waals surface area contributed by atoms with Gasteiger partial charge in [-0.3, -0.25) is 9.59 Å². The summed E-state index contributed by atoms with van der Waals surface area (Å²) in [5.74, 6) is -2.71. The minimum atomic E-state index is -2.01. The highest BCUT2D eigenvalue weighted by Gasteiger charge is 2.77. The Labute approximate surface area is 169 Å². The Morgan fingerprint density at radius 3 is 2.55 bits per heavy atom. The van der Waals surface area contributed by atoms with E-state index in [4.69, 9.17) is 0 Å². The molecule has 0 aliphatic heterocycles. The lowest BCUT2D eigenvalue weighted by atomic mass is 9.43. The highest BCUT2D eigenvalue weighted by atomic mass is 19.1. The van der Waals surface area contributed by atoms with Crippen molar-refractivity contribution in [2.45, 2.75) is 76.4 Å². The molecule has 0 bridgehead atoms. The van der Waals surface area contributed by atoms with Gasteiger partial charge in [-0.25, -0.2) is 4.39 Å². The van der Waals surface area contributed by atoms with Gasteiger partial charge in [0.1, 0.15) is 18.4 Å². The molecule has 4 aliphatic rings. The van der Waals surface area contributed by atoms with Crippen LogP contribution >= 0.6 is 0 Å². The molecule has 0 radical (unpaired) electrons. The van der Waals surface area contributed by atoms with Gasteiger partial charge in [-0.15, -0.1) is 0 Å². The number of alkyl halides is 1. The first-order valence-corrected chi connectivity index (χ1v) is 10.5. The van der Waals surface area contributed by atoms with Gasteiger partial charge in [-0.05, 0) is 60.5 Å². The zero-order chi connectivity index (χ0) is 21.6. The monoisotopic (exact) mass is 410 g/mol. The SMILES string of the molecule is CC1C[C@@]2(O)[C@@H]3CC(F)C4=CC(=O)CC[C@]4(C)[C@H]3C(O)C[C@]2(C)[C@@]1(O)C(=O)CO.